The van der Waals surface area contributed by atoms with Gasteiger partial charge in [-0.1, -0.05) is 54.0 Å². The highest BCUT2D eigenvalue weighted by atomic mass is 16.3. The monoisotopic (exact) mass is 533 g/mol. The van der Waals surface area contributed by atoms with Crippen molar-refractivity contribution in [1.29, 1.82) is 5.26 Å². The number of carbonyl (C=O) groups excluding carboxylic acids is 2. The molecule has 0 bridgehead atoms. The number of rotatable bonds is 1. The van der Waals surface area contributed by atoms with Crippen molar-refractivity contribution >= 4 is 11.8 Å². The molecule has 39 heavy (non-hydrogen) atoms. The average Bonchev–Trinajstić information content (AvgIpc) is 3.29. The second-order valence-corrected chi connectivity index (χ2v) is 16.0. The third kappa shape index (κ3) is 3.19. The minimum Gasteiger partial charge on any atom is -0.511 e. The molecule has 6 nitrogen and oxygen atoms in total. The van der Waals surface area contributed by atoms with E-state index in [2.05, 4.69) is 64.8 Å². The predicted octanol–water partition coefficient (Wildman–Crippen LogP) is 6.69. The summed E-state index contributed by atoms with van der Waals surface area (Å²) in [6, 6.07) is 2.36. The Morgan fingerprint density at radius 2 is 1.72 bits per heavy atom. The number of fused-ring (bicyclic) bond motifs is 7. The van der Waals surface area contributed by atoms with Crippen LogP contribution in [-0.4, -0.2) is 40.4 Å². The molecule has 0 unspecified atom stereocenters. The van der Waals surface area contributed by atoms with Gasteiger partial charge in [0.2, 0.25) is 0 Å². The van der Waals surface area contributed by atoms with Gasteiger partial charge in [-0.2, -0.15) is 5.26 Å². The summed E-state index contributed by atoms with van der Waals surface area (Å²) in [5, 5.41) is 24.1. The molecule has 6 rings (SSSR count). The van der Waals surface area contributed by atoms with Gasteiger partial charge in [-0.15, -0.1) is 0 Å². The van der Waals surface area contributed by atoms with Crippen molar-refractivity contribution in [1.82, 2.24) is 10.2 Å². The minimum absolute atomic E-state index is 0.0436. The molecule has 1 aliphatic heterocycles. The second kappa shape index (κ2) is 7.92. The molecule has 2 amide bonds. The van der Waals surface area contributed by atoms with E-state index in [0.717, 1.165) is 51.5 Å². The normalized spacial score (nSPS) is 46.3. The second-order valence-electron chi connectivity index (χ2n) is 16.0. The van der Waals surface area contributed by atoms with Gasteiger partial charge in [-0.3, -0.25) is 4.79 Å². The molecule has 0 radical (unpaired) electrons. The fourth-order valence-corrected chi connectivity index (χ4v) is 11.3. The van der Waals surface area contributed by atoms with Gasteiger partial charge in [0.15, 0.2) is 5.78 Å². The van der Waals surface area contributed by atoms with Crippen LogP contribution in [0.5, 0.6) is 0 Å². The molecule has 5 aliphatic carbocycles. The maximum absolute atomic E-state index is 14.6. The van der Waals surface area contributed by atoms with Gasteiger partial charge in [-0.05, 0) is 90.9 Å². The van der Waals surface area contributed by atoms with E-state index in [0.29, 0.717) is 18.5 Å². The van der Waals surface area contributed by atoms with Crippen LogP contribution in [0, 0.1) is 56.2 Å². The van der Waals surface area contributed by atoms with E-state index in [1.165, 1.54) is 5.57 Å². The summed E-state index contributed by atoms with van der Waals surface area (Å²) in [5.41, 5.74) is 0.293. The van der Waals surface area contributed by atoms with Crippen molar-refractivity contribution in [3.63, 3.8) is 0 Å². The molecule has 212 valence electrons. The summed E-state index contributed by atoms with van der Waals surface area (Å²) in [5.74, 6) is 0.646. The number of carbonyl (C=O) groups is 2. The van der Waals surface area contributed by atoms with Crippen LogP contribution < -0.4 is 5.32 Å². The maximum atomic E-state index is 14.6. The van der Waals surface area contributed by atoms with Gasteiger partial charge in [0, 0.05) is 30.0 Å². The van der Waals surface area contributed by atoms with E-state index in [-0.39, 0.29) is 62.5 Å². The Labute approximate surface area is 234 Å². The molecule has 1 saturated heterocycles. The predicted molar refractivity (Wildman–Crippen MR) is 150 cm³/mol. The number of allylic oxidation sites excluding steroid dienone is 4. The summed E-state index contributed by atoms with van der Waals surface area (Å²) >= 11 is 0. The standard InChI is InChI=1S/C33H47N3O3/c1-28(2)10-12-33(36-15-14-35-27(36)39)13-11-32(7)25(21(33)18-28)22(37)16-24-30(5)17-20(19-34)26(38)29(3,4)23(30)8-9-31(24,32)6/h16,21,23,25,38H,8-15,17-18H2,1-7H3,(H,35,39)/t21-,23-,25-,30-,31+,32+,33-/m0/s1. The maximum Gasteiger partial charge on any atom is 0.317 e. The molecule has 0 spiro atoms. The average molecular weight is 534 g/mol. The number of nitrogens with zero attached hydrogens (tertiary/aromatic N) is 2. The zero-order chi connectivity index (χ0) is 28.4. The summed E-state index contributed by atoms with van der Waals surface area (Å²) in [6.07, 6.45) is 9.32. The quantitative estimate of drug-likeness (QED) is 0.393. The molecule has 7 atom stereocenters. The number of urea groups is 1. The Kier molecular flexibility index (Phi) is 5.46. The van der Waals surface area contributed by atoms with E-state index >= 15 is 0 Å². The number of hydrogen-bond donors (Lipinski definition) is 2. The zero-order valence-electron chi connectivity index (χ0n) is 25.0. The van der Waals surface area contributed by atoms with Crippen molar-refractivity contribution in [2.45, 2.75) is 105 Å². The van der Waals surface area contributed by atoms with E-state index < -0.39 is 5.41 Å². The fraction of sp³-hybridized carbons (Fsp3) is 0.788. The number of aliphatic hydroxyl groups excluding tert-OH is 1. The first kappa shape index (κ1) is 26.9. The van der Waals surface area contributed by atoms with Gasteiger partial charge in [0.25, 0.3) is 0 Å². The van der Waals surface area contributed by atoms with E-state index in [4.69, 9.17) is 0 Å². The van der Waals surface area contributed by atoms with Crippen molar-refractivity contribution < 1.29 is 14.7 Å². The molecule has 6 heteroatoms. The van der Waals surface area contributed by atoms with Crippen LogP contribution in [0.15, 0.2) is 23.0 Å². The minimum atomic E-state index is -0.515. The van der Waals surface area contributed by atoms with Crippen LogP contribution in [0.2, 0.25) is 0 Å². The SMILES string of the molecule is CC1(C)CC[C@]2(N3CCNC3=O)CC[C@]3(C)[C@H](C(=O)C=C4[C@@]5(C)CC(C#N)=C(O)C(C)(C)[C@@H]5CC[C@]43C)[C@@H]2C1. The topological polar surface area (TPSA) is 93.4 Å². The highest BCUT2D eigenvalue weighted by molar-refractivity contribution is 5.95. The first-order valence-corrected chi connectivity index (χ1v) is 15.2. The molecule has 0 aromatic carbocycles. The van der Waals surface area contributed by atoms with Crippen LogP contribution in [0.3, 0.4) is 0 Å². The molecule has 4 fully saturated rings. The highest BCUT2D eigenvalue weighted by Gasteiger charge is 2.71. The number of nitrogens with one attached hydrogen (secondary N) is 1. The highest BCUT2D eigenvalue weighted by Crippen LogP contribution is 2.74. The van der Waals surface area contributed by atoms with E-state index in [1.54, 1.807) is 0 Å². The summed E-state index contributed by atoms with van der Waals surface area (Å²) < 4.78 is 0. The number of hydrogen-bond acceptors (Lipinski definition) is 4. The molecule has 3 saturated carbocycles. The smallest absolute Gasteiger partial charge is 0.317 e. The Morgan fingerprint density at radius 3 is 2.36 bits per heavy atom. The summed E-state index contributed by atoms with van der Waals surface area (Å²) in [4.78, 5) is 29.8. The molecule has 1 heterocycles. The van der Waals surface area contributed by atoms with Gasteiger partial charge >= 0.3 is 6.03 Å². The Balaban J connectivity index is 1.50. The first-order chi connectivity index (χ1) is 18.1. The van der Waals surface area contributed by atoms with Crippen LogP contribution in [0.1, 0.15) is 99.8 Å². The lowest BCUT2D eigenvalue weighted by Crippen LogP contribution is -2.70. The van der Waals surface area contributed by atoms with Crippen LogP contribution >= 0.6 is 0 Å². The van der Waals surface area contributed by atoms with Crippen molar-refractivity contribution in [2.75, 3.05) is 13.1 Å². The Bertz CT molecular complexity index is 1250. The Morgan fingerprint density at radius 1 is 1.03 bits per heavy atom. The lowest BCUT2D eigenvalue weighted by Gasteiger charge is -2.70. The van der Waals surface area contributed by atoms with Crippen molar-refractivity contribution in [3.8, 4) is 6.07 Å². The number of nitriles is 1. The molecule has 6 aliphatic rings. The van der Waals surface area contributed by atoms with E-state index in [1.807, 2.05) is 6.08 Å². The fourth-order valence-electron chi connectivity index (χ4n) is 11.3. The first-order valence-electron chi connectivity index (χ1n) is 15.2. The number of amides is 2. The van der Waals surface area contributed by atoms with Gasteiger partial charge < -0.3 is 15.3 Å². The lowest BCUT2D eigenvalue weighted by molar-refractivity contribution is -0.172. The summed E-state index contributed by atoms with van der Waals surface area (Å²) in [7, 11) is 0. The van der Waals surface area contributed by atoms with E-state index in [9.17, 15) is 20.0 Å². The third-order valence-electron chi connectivity index (χ3n) is 13.5. The Hall–Kier alpha value is -2.29. The molecular weight excluding hydrogens is 486 g/mol. The third-order valence-corrected chi connectivity index (χ3v) is 13.5. The largest absolute Gasteiger partial charge is 0.511 e. The van der Waals surface area contributed by atoms with Crippen molar-refractivity contribution in [3.05, 3.63) is 23.0 Å². The van der Waals surface area contributed by atoms with Crippen LogP contribution in [-0.2, 0) is 4.79 Å². The number of ketones is 1. The number of aliphatic hydroxyl groups is 1. The van der Waals surface area contributed by atoms with Gasteiger partial charge in [-0.25, -0.2) is 4.79 Å². The molecule has 0 aromatic rings. The van der Waals surface area contributed by atoms with Crippen LogP contribution in [0.25, 0.3) is 0 Å². The van der Waals surface area contributed by atoms with Gasteiger partial charge in [0.05, 0.1) is 11.6 Å². The van der Waals surface area contributed by atoms with Crippen molar-refractivity contribution in [2.24, 2.45) is 44.8 Å². The summed E-state index contributed by atoms with van der Waals surface area (Å²) in [6.45, 7) is 17.3. The zero-order valence-corrected chi connectivity index (χ0v) is 25.0. The van der Waals surface area contributed by atoms with Crippen LogP contribution in [0.4, 0.5) is 4.79 Å². The lowest BCUT2D eigenvalue weighted by atomic mass is 9.34. The van der Waals surface area contributed by atoms with Gasteiger partial charge in [0.1, 0.15) is 5.76 Å². The molecule has 0 aromatic heterocycles. The molecule has 2 N–H and O–H groups in total. The molecular formula is C33H47N3O3.